The molecular weight excluding hydrogens is 256 g/mol. The second-order valence-corrected chi connectivity index (χ2v) is 6.65. The van der Waals surface area contributed by atoms with E-state index in [1.165, 1.54) is 0 Å². The summed E-state index contributed by atoms with van der Waals surface area (Å²) in [5, 5.41) is 9.39. The molecule has 0 aromatic heterocycles. The van der Waals surface area contributed by atoms with Crippen LogP contribution in [0, 0.1) is 17.8 Å². The third-order valence-corrected chi connectivity index (χ3v) is 2.94. The Morgan fingerprint density at radius 3 is 2.20 bits per heavy atom. The van der Waals surface area contributed by atoms with Crippen molar-refractivity contribution in [1.82, 2.24) is 0 Å². The second-order valence-electron chi connectivity index (χ2n) is 6.65. The van der Waals surface area contributed by atoms with Crippen LogP contribution in [0.5, 0.6) is 0 Å². The number of carboxylic acids is 1. The van der Waals surface area contributed by atoms with E-state index in [9.17, 15) is 14.7 Å². The summed E-state index contributed by atoms with van der Waals surface area (Å²) in [7, 11) is 0. The molecular formula is C16H28O4. The van der Waals surface area contributed by atoms with Gasteiger partial charge in [-0.25, -0.2) is 0 Å². The van der Waals surface area contributed by atoms with Gasteiger partial charge in [-0.15, -0.1) is 6.58 Å². The van der Waals surface area contributed by atoms with Crippen LogP contribution in [0.15, 0.2) is 12.7 Å². The number of carboxylic acid groups (broad SMARTS) is 1. The Balaban J connectivity index is 4.87. The molecule has 0 aromatic carbocycles. The summed E-state index contributed by atoms with van der Waals surface area (Å²) in [5.74, 6) is -1.82. The van der Waals surface area contributed by atoms with Crippen molar-refractivity contribution in [2.45, 2.75) is 59.5 Å². The molecule has 4 heteroatoms. The molecule has 1 N–H and O–H groups in total. The number of allylic oxidation sites excluding steroid dienone is 1. The van der Waals surface area contributed by atoms with E-state index >= 15 is 0 Å². The zero-order valence-corrected chi connectivity index (χ0v) is 13.3. The zero-order chi connectivity index (χ0) is 15.9. The maximum Gasteiger partial charge on any atom is 0.307 e. The van der Waals surface area contributed by atoms with E-state index in [4.69, 9.17) is 4.74 Å². The molecule has 0 fully saturated rings. The Bertz CT molecular complexity index is 339. The number of rotatable bonds is 8. The van der Waals surface area contributed by atoms with Crippen LogP contribution in [0.4, 0.5) is 0 Å². The zero-order valence-electron chi connectivity index (χ0n) is 13.3. The van der Waals surface area contributed by atoms with E-state index in [1.807, 2.05) is 13.8 Å². The van der Waals surface area contributed by atoms with Crippen molar-refractivity contribution < 1.29 is 19.4 Å². The second kappa shape index (κ2) is 8.08. The smallest absolute Gasteiger partial charge is 0.307 e. The minimum atomic E-state index is -0.941. The van der Waals surface area contributed by atoms with E-state index in [-0.39, 0.29) is 12.3 Å². The van der Waals surface area contributed by atoms with Crippen LogP contribution in [0.1, 0.15) is 53.9 Å². The SMILES string of the molecule is C=CC[C@H](CC(C)C)[C@H](CC(=O)OC(C)(C)C)C(=O)O. The Hall–Kier alpha value is -1.32. The number of carbonyl (C=O) groups is 2. The highest BCUT2D eigenvalue weighted by atomic mass is 16.6. The van der Waals surface area contributed by atoms with Crippen molar-refractivity contribution in [3.8, 4) is 0 Å². The Kier molecular flexibility index (Phi) is 7.54. The normalized spacial score (nSPS) is 14.7. The lowest BCUT2D eigenvalue weighted by Crippen LogP contribution is -2.31. The van der Waals surface area contributed by atoms with Crippen LogP contribution < -0.4 is 0 Å². The molecule has 4 nitrogen and oxygen atoms in total. The van der Waals surface area contributed by atoms with Crippen LogP contribution in [0.2, 0.25) is 0 Å². The third-order valence-electron chi connectivity index (χ3n) is 2.94. The summed E-state index contributed by atoms with van der Waals surface area (Å²) in [5.41, 5.74) is -0.591. The molecule has 0 radical (unpaired) electrons. The predicted molar refractivity (Wildman–Crippen MR) is 79.3 cm³/mol. The van der Waals surface area contributed by atoms with Gasteiger partial charge in [-0.3, -0.25) is 9.59 Å². The van der Waals surface area contributed by atoms with Gasteiger partial charge < -0.3 is 9.84 Å². The highest BCUT2D eigenvalue weighted by molar-refractivity contribution is 5.79. The fraction of sp³-hybridized carbons (Fsp3) is 0.750. The van der Waals surface area contributed by atoms with Crippen molar-refractivity contribution in [3.05, 3.63) is 12.7 Å². The van der Waals surface area contributed by atoms with Gasteiger partial charge in [-0.2, -0.15) is 0 Å². The third kappa shape index (κ3) is 7.97. The maximum atomic E-state index is 11.9. The van der Waals surface area contributed by atoms with Crippen LogP contribution >= 0.6 is 0 Å². The summed E-state index contributed by atoms with van der Waals surface area (Å²) < 4.78 is 5.22. The average molecular weight is 284 g/mol. The number of carbonyl (C=O) groups excluding carboxylic acids is 1. The number of esters is 1. The topological polar surface area (TPSA) is 63.6 Å². The number of ether oxygens (including phenoxy) is 1. The van der Waals surface area contributed by atoms with E-state index < -0.39 is 23.5 Å². The monoisotopic (exact) mass is 284 g/mol. The van der Waals surface area contributed by atoms with Gasteiger partial charge in [0, 0.05) is 0 Å². The minimum absolute atomic E-state index is 0.0855. The van der Waals surface area contributed by atoms with Gasteiger partial charge in [0.1, 0.15) is 5.60 Å². The molecule has 0 aliphatic rings. The van der Waals surface area contributed by atoms with Crippen LogP contribution in [-0.2, 0) is 14.3 Å². The van der Waals surface area contributed by atoms with Gasteiger partial charge in [-0.1, -0.05) is 19.9 Å². The van der Waals surface area contributed by atoms with Gasteiger partial charge in [0.2, 0.25) is 0 Å². The molecule has 0 heterocycles. The summed E-state index contributed by atoms with van der Waals surface area (Å²) in [6, 6.07) is 0. The first-order valence-electron chi connectivity index (χ1n) is 7.12. The molecule has 0 rings (SSSR count). The molecule has 0 aromatic rings. The van der Waals surface area contributed by atoms with Crippen molar-refractivity contribution >= 4 is 11.9 Å². The molecule has 2 atom stereocenters. The standard InChI is InChI=1S/C16H28O4/c1-7-8-12(9-11(2)3)13(15(18)19)10-14(17)20-16(4,5)6/h7,11-13H,1,8-10H2,2-6H3,(H,18,19)/t12-,13+/m1/s1. The molecule has 0 aliphatic carbocycles. The molecule has 0 unspecified atom stereocenters. The van der Waals surface area contributed by atoms with Gasteiger partial charge in [0.05, 0.1) is 12.3 Å². The van der Waals surface area contributed by atoms with Crippen molar-refractivity contribution in [3.63, 3.8) is 0 Å². The largest absolute Gasteiger partial charge is 0.481 e. The van der Waals surface area contributed by atoms with Crippen molar-refractivity contribution in [2.24, 2.45) is 17.8 Å². The summed E-state index contributed by atoms with van der Waals surface area (Å²) >= 11 is 0. The summed E-state index contributed by atoms with van der Waals surface area (Å²) in [4.78, 5) is 23.3. The fourth-order valence-electron chi connectivity index (χ4n) is 2.26. The number of hydrogen-bond donors (Lipinski definition) is 1. The van der Waals surface area contributed by atoms with Gasteiger partial charge in [0.15, 0.2) is 0 Å². The lowest BCUT2D eigenvalue weighted by molar-refractivity contribution is -0.161. The lowest BCUT2D eigenvalue weighted by atomic mass is 9.81. The first kappa shape index (κ1) is 18.7. The molecule has 116 valence electrons. The van der Waals surface area contributed by atoms with Crippen molar-refractivity contribution in [2.75, 3.05) is 0 Å². The lowest BCUT2D eigenvalue weighted by Gasteiger charge is -2.26. The highest BCUT2D eigenvalue weighted by Crippen LogP contribution is 2.28. The Morgan fingerprint density at radius 1 is 1.30 bits per heavy atom. The Labute approximate surface area is 122 Å². The molecule has 0 saturated heterocycles. The maximum absolute atomic E-state index is 11.9. The van der Waals surface area contributed by atoms with Crippen molar-refractivity contribution in [1.29, 1.82) is 0 Å². The van der Waals surface area contributed by atoms with Crippen LogP contribution in [0.25, 0.3) is 0 Å². The van der Waals surface area contributed by atoms with Crippen LogP contribution in [-0.4, -0.2) is 22.6 Å². The van der Waals surface area contributed by atoms with Gasteiger partial charge in [-0.05, 0) is 45.4 Å². The van der Waals surface area contributed by atoms with Crippen LogP contribution in [0.3, 0.4) is 0 Å². The molecule has 0 bridgehead atoms. The first-order valence-corrected chi connectivity index (χ1v) is 7.12. The van der Waals surface area contributed by atoms with E-state index in [2.05, 4.69) is 6.58 Å². The summed E-state index contributed by atoms with van der Waals surface area (Å²) in [6.45, 7) is 13.1. The highest BCUT2D eigenvalue weighted by Gasteiger charge is 2.31. The number of aliphatic carboxylic acids is 1. The molecule has 0 spiro atoms. The molecule has 0 saturated carbocycles. The molecule has 0 aliphatic heterocycles. The van der Waals surface area contributed by atoms with Gasteiger partial charge in [0.25, 0.3) is 0 Å². The van der Waals surface area contributed by atoms with E-state index in [0.29, 0.717) is 12.3 Å². The van der Waals surface area contributed by atoms with E-state index in [0.717, 1.165) is 6.42 Å². The predicted octanol–water partition coefficient (Wildman–Crippen LogP) is 3.66. The fourth-order valence-corrected chi connectivity index (χ4v) is 2.26. The first-order chi connectivity index (χ1) is 9.06. The Morgan fingerprint density at radius 2 is 1.85 bits per heavy atom. The number of hydrogen-bond acceptors (Lipinski definition) is 3. The summed E-state index contributed by atoms with van der Waals surface area (Å²) in [6.07, 6.45) is 2.99. The molecule has 0 amide bonds. The quantitative estimate of drug-likeness (QED) is 0.546. The van der Waals surface area contributed by atoms with E-state index in [1.54, 1.807) is 26.8 Å². The molecule has 20 heavy (non-hydrogen) atoms. The van der Waals surface area contributed by atoms with Gasteiger partial charge >= 0.3 is 11.9 Å². The average Bonchev–Trinajstić information content (AvgIpc) is 2.21. The minimum Gasteiger partial charge on any atom is -0.481 e.